The van der Waals surface area contributed by atoms with Gasteiger partial charge >= 0.3 is 6.03 Å². The van der Waals surface area contributed by atoms with E-state index in [1.807, 2.05) is 41.1 Å². The smallest absolute Gasteiger partial charge is 0.320 e. The quantitative estimate of drug-likeness (QED) is 0.750. The predicted molar refractivity (Wildman–Crippen MR) is 97.4 cm³/mol. The molecular weight excluding hydrogens is 316 g/mol. The topological polar surface area (TPSA) is 79.2 Å². The Bertz CT molecular complexity index is 665. The highest BCUT2D eigenvalue weighted by Gasteiger charge is 2.19. The van der Waals surface area contributed by atoms with E-state index < -0.39 is 6.10 Å². The molecule has 2 amide bonds. The van der Waals surface area contributed by atoms with Gasteiger partial charge in [-0.1, -0.05) is 49.6 Å². The molecule has 1 heterocycles. The number of nitrogens with one attached hydrogen (secondary N) is 2. The van der Waals surface area contributed by atoms with E-state index in [1.165, 1.54) is 19.3 Å². The highest BCUT2D eigenvalue weighted by molar-refractivity contribution is 5.88. The molecule has 1 aliphatic carbocycles. The third-order valence-corrected chi connectivity index (χ3v) is 4.72. The molecule has 6 nitrogen and oxygen atoms in total. The summed E-state index contributed by atoms with van der Waals surface area (Å²) in [5.41, 5.74) is 0.861. The third-order valence-electron chi connectivity index (χ3n) is 4.72. The largest absolute Gasteiger partial charge is 0.388 e. The van der Waals surface area contributed by atoms with E-state index in [0.29, 0.717) is 19.0 Å². The molecule has 0 spiro atoms. The fourth-order valence-electron chi connectivity index (χ4n) is 3.35. The van der Waals surface area contributed by atoms with Crippen LogP contribution in [0.5, 0.6) is 0 Å². The molecule has 6 heteroatoms. The maximum Gasteiger partial charge on any atom is 0.320 e. The minimum Gasteiger partial charge on any atom is -0.388 e. The molecule has 0 aliphatic heterocycles. The van der Waals surface area contributed by atoms with Crippen molar-refractivity contribution in [2.75, 3.05) is 11.9 Å². The first-order chi connectivity index (χ1) is 12.2. The molecule has 2 aromatic rings. The summed E-state index contributed by atoms with van der Waals surface area (Å²) >= 11 is 0. The number of hydrogen-bond donors (Lipinski definition) is 3. The Hall–Kier alpha value is -2.34. The lowest BCUT2D eigenvalue weighted by molar-refractivity contribution is 0.167. The fraction of sp³-hybridized carbons (Fsp3) is 0.474. The molecule has 3 N–H and O–H groups in total. The number of nitrogens with zero attached hydrogens (tertiary/aromatic N) is 2. The molecule has 1 atom stereocenters. The van der Waals surface area contributed by atoms with Crippen molar-refractivity contribution in [2.24, 2.45) is 0 Å². The number of aliphatic hydroxyl groups excluding tert-OH is 1. The van der Waals surface area contributed by atoms with Gasteiger partial charge < -0.3 is 10.4 Å². The lowest BCUT2D eigenvalue weighted by atomic mass is 9.96. The molecule has 0 saturated heterocycles. The second-order valence-electron chi connectivity index (χ2n) is 6.55. The Kier molecular flexibility index (Phi) is 6.06. The predicted octanol–water partition coefficient (Wildman–Crippen LogP) is 3.63. The first-order valence-electron chi connectivity index (χ1n) is 9.05. The normalized spacial score (nSPS) is 16.4. The van der Waals surface area contributed by atoms with Crippen molar-refractivity contribution in [1.29, 1.82) is 0 Å². The van der Waals surface area contributed by atoms with Gasteiger partial charge in [-0.2, -0.15) is 5.10 Å². The Morgan fingerprint density at radius 3 is 2.72 bits per heavy atom. The minimum absolute atomic E-state index is 0.266. The first kappa shape index (κ1) is 17.5. The lowest BCUT2D eigenvalue weighted by Crippen LogP contribution is -2.31. The van der Waals surface area contributed by atoms with E-state index in [4.69, 9.17) is 0 Å². The SMILES string of the molecule is O=C(NCCC(O)c1ccccc1)Nc1ccnn1C1CCCCC1. The summed E-state index contributed by atoms with van der Waals surface area (Å²) in [5, 5.41) is 20.2. The minimum atomic E-state index is -0.575. The van der Waals surface area contributed by atoms with Gasteiger partial charge in [0.1, 0.15) is 5.82 Å². The summed E-state index contributed by atoms with van der Waals surface area (Å²) in [7, 11) is 0. The Morgan fingerprint density at radius 2 is 1.96 bits per heavy atom. The fourth-order valence-corrected chi connectivity index (χ4v) is 3.35. The zero-order chi connectivity index (χ0) is 17.5. The van der Waals surface area contributed by atoms with E-state index in [9.17, 15) is 9.90 Å². The summed E-state index contributed by atoms with van der Waals surface area (Å²) in [4.78, 5) is 12.1. The van der Waals surface area contributed by atoms with Crippen LogP contribution in [-0.2, 0) is 0 Å². The Morgan fingerprint density at radius 1 is 1.20 bits per heavy atom. The molecule has 1 unspecified atom stereocenters. The average Bonchev–Trinajstić information content (AvgIpc) is 3.11. The van der Waals surface area contributed by atoms with Crippen molar-refractivity contribution in [3.63, 3.8) is 0 Å². The van der Waals surface area contributed by atoms with Crippen molar-refractivity contribution >= 4 is 11.8 Å². The maximum atomic E-state index is 12.1. The number of aliphatic hydroxyl groups is 1. The zero-order valence-corrected chi connectivity index (χ0v) is 14.4. The third kappa shape index (κ3) is 4.82. The summed E-state index contributed by atoms with van der Waals surface area (Å²) < 4.78 is 1.93. The number of rotatable bonds is 6. The van der Waals surface area contributed by atoms with Gasteiger partial charge in [-0.3, -0.25) is 5.32 Å². The van der Waals surface area contributed by atoms with Crippen LogP contribution in [0.4, 0.5) is 10.6 Å². The number of anilines is 1. The van der Waals surface area contributed by atoms with Crippen LogP contribution in [0.3, 0.4) is 0 Å². The number of amides is 2. The zero-order valence-electron chi connectivity index (χ0n) is 14.4. The molecule has 1 aliphatic rings. The van der Waals surface area contributed by atoms with E-state index >= 15 is 0 Å². The van der Waals surface area contributed by atoms with E-state index in [0.717, 1.165) is 24.2 Å². The van der Waals surface area contributed by atoms with Crippen LogP contribution in [0.25, 0.3) is 0 Å². The summed E-state index contributed by atoms with van der Waals surface area (Å²) in [6.45, 7) is 0.402. The molecule has 0 radical (unpaired) electrons. The van der Waals surface area contributed by atoms with Gasteiger partial charge in [0.2, 0.25) is 0 Å². The second-order valence-corrected chi connectivity index (χ2v) is 6.55. The van der Waals surface area contributed by atoms with Crippen molar-refractivity contribution in [1.82, 2.24) is 15.1 Å². The highest BCUT2D eigenvalue weighted by atomic mass is 16.3. The lowest BCUT2D eigenvalue weighted by Gasteiger charge is -2.24. The molecule has 3 rings (SSSR count). The molecule has 1 aromatic heterocycles. The molecular formula is C19H26N4O2. The molecule has 134 valence electrons. The van der Waals surface area contributed by atoms with Crippen molar-refractivity contribution in [2.45, 2.75) is 50.7 Å². The highest BCUT2D eigenvalue weighted by Crippen LogP contribution is 2.29. The van der Waals surface area contributed by atoms with Gasteiger partial charge in [-0.15, -0.1) is 0 Å². The van der Waals surface area contributed by atoms with Crippen LogP contribution in [0.2, 0.25) is 0 Å². The number of benzene rings is 1. The molecule has 25 heavy (non-hydrogen) atoms. The average molecular weight is 342 g/mol. The van der Waals surface area contributed by atoms with E-state index in [1.54, 1.807) is 6.20 Å². The van der Waals surface area contributed by atoms with Gasteiger partial charge in [-0.25, -0.2) is 9.48 Å². The molecule has 1 aromatic carbocycles. The Balaban J connectivity index is 1.46. The van der Waals surface area contributed by atoms with Crippen LogP contribution in [0.15, 0.2) is 42.6 Å². The van der Waals surface area contributed by atoms with E-state index in [2.05, 4.69) is 15.7 Å². The first-order valence-corrected chi connectivity index (χ1v) is 9.05. The Labute approximate surface area is 148 Å². The number of carbonyl (C=O) groups excluding carboxylic acids is 1. The molecule has 1 saturated carbocycles. The van der Waals surface area contributed by atoms with Gasteiger partial charge in [0.25, 0.3) is 0 Å². The molecule has 1 fully saturated rings. The summed E-state index contributed by atoms with van der Waals surface area (Å²) in [5.74, 6) is 0.730. The second kappa shape index (κ2) is 8.67. The van der Waals surface area contributed by atoms with Gasteiger partial charge in [-0.05, 0) is 24.8 Å². The number of hydrogen-bond acceptors (Lipinski definition) is 3. The van der Waals surface area contributed by atoms with Crippen LogP contribution < -0.4 is 10.6 Å². The number of urea groups is 1. The van der Waals surface area contributed by atoms with Crippen LogP contribution in [0, 0.1) is 0 Å². The monoisotopic (exact) mass is 342 g/mol. The van der Waals surface area contributed by atoms with Crippen LogP contribution >= 0.6 is 0 Å². The summed E-state index contributed by atoms with van der Waals surface area (Å²) in [6, 6.07) is 11.4. The standard InChI is InChI=1S/C19H26N4O2/c24-17(15-7-3-1-4-8-15)11-13-20-19(25)22-18-12-14-21-23(18)16-9-5-2-6-10-16/h1,3-4,7-8,12,14,16-17,24H,2,5-6,9-11,13H2,(H2,20,22,25). The van der Waals surface area contributed by atoms with Crippen LogP contribution in [-0.4, -0.2) is 27.5 Å². The summed E-state index contributed by atoms with van der Waals surface area (Å²) in [6.07, 6.45) is 7.56. The van der Waals surface area contributed by atoms with Gasteiger partial charge in [0.05, 0.1) is 18.3 Å². The van der Waals surface area contributed by atoms with Crippen molar-refractivity contribution in [3.05, 3.63) is 48.2 Å². The van der Waals surface area contributed by atoms with E-state index in [-0.39, 0.29) is 6.03 Å². The number of aromatic nitrogens is 2. The van der Waals surface area contributed by atoms with Gasteiger partial charge in [0, 0.05) is 12.6 Å². The van der Waals surface area contributed by atoms with Crippen molar-refractivity contribution < 1.29 is 9.90 Å². The van der Waals surface area contributed by atoms with Crippen molar-refractivity contribution in [3.8, 4) is 0 Å². The van der Waals surface area contributed by atoms with Gasteiger partial charge in [0.15, 0.2) is 0 Å². The molecule has 0 bridgehead atoms. The number of carbonyl (C=O) groups is 1. The van der Waals surface area contributed by atoms with Crippen LogP contribution in [0.1, 0.15) is 56.2 Å². The maximum absolute atomic E-state index is 12.1.